The molecule has 1 aliphatic heterocycles. The van der Waals surface area contributed by atoms with Crippen molar-refractivity contribution in [3.63, 3.8) is 0 Å². The van der Waals surface area contributed by atoms with E-state index >= 15 is 0 Å². The second kappa shape index (κ2) is 16.5. The van der Waals surface area contributed by atoms with Crippen LogP contribution in [0.15, 0.2) is 0 Å². The van der Waals surface area contributed by atoms with Crippen LogP contribution in [0.2, 0.25) is 0 Å². The van der Waals surface area contributed by atoms with E-state index in [4.69, 9.17) is 4.74 Å². The van der Waals surface area contributed by atoms with Crippen molar-refractivity contribution in [1.82, 2.24) is 5.06 Å². The van der Waals surface area contributed by atoms with Crippen molar-refractivity contribution >= 4 is 0 Å². The van der Waals surface area contributed by atoms with Crippen molar-refractivity contribution in [3.8, 4) is 0 Å². The molecule has 31 heavy (non-hydrogen) atoms. The summed E-state index contributed by atoms with van der Waals surface area (Å²) >= 11 is 0. The van der Waals surface area contributed by atoms with Crippen LogP contribution in [0.25, 0.3) is 0 Å². The lowest BCUT2D eigenvalue weighted by Crippen LogP contribution is -2.60. The first-order valence-electron chi connectivity index (χ1n) is 13.9. The van der Waals surface area contributed by atoms with Gasteiger partial charge in [0, 0.05) is 17.7 Å². The monoisotopic (exact) mass is 439 g/mol. The predicted molar refractivity (Wildman–Crippen MR) is 135 cm³/mol. The molecule has 1 aliphatic rings. The molecule has 0 bridgehead atoms. The molecule has 186 valence electrons. The fraction of sp³-hybridized carbons (Fsp3) is 1.00. The zero-order valence-corrected chi connectivity index (χ0v) is 22.0. The Morgan fingerprint density at radius 3 is 1.29 bits per heavy atom. The van der Waals surface area contributed by atoms with Crippen molar-refractivity contribution in [3.05, 3.63) is 0 Å². The summed E-state index contributed by atoms with van der Waals surface area (Å²) in [6.07, 6.45) is 26.0. The molecule has 0 spiro atoms. The van der Waals surface area contributed by atoms with Crippen LogP contribution in [0.4, 0.5) is 0 Å². The minimum Gasteiger partial charge on any atom is -0.378 e. The van der Waals surface area contributed by atoms with Crippen LogP contribution in [0, 0.1) is 0 Å². The maximum absolute atomic E-state index is 10.4. The van der Waals surface area contributed by atoms with E-state index in [1.165, 1.54) is 114 Å². The number of ether oxygens (including phenoxy) is 1. The molecule has 1 saturated heterocycles. The Morgan fingerprint density at radius 2 is 0.935 bits per heavy atom. The standard InChI is InChI=1S/C28H57NO2/c1-6-7-8-9-10-11-12-13-14-15-16-17-18-19-20-21-22-23-31-26-24-27(2,3)29(30)28(4,5)25-26/h26,30H,6-25H2,1-5H3. The number of unbranched alkanes of at least 4 members (excludes halogenated alkanes) is 16. The fourth-order valence-electron chi connectivity index (χ4n) is 5.37. The van der Waals surface area contributed by atoms with Crippen LogP contribution in [-0.4, -0.2) is 34.1 Å². The van der Waals surface area contributed by atoms with Crippen LogP contribution in [0.5, 0.6) is 0 Å². The molecule has 0 unspecified atom stereocenters. The molecule has 1 rings (SSSR count). The van der Waals surface area contributed by atoms with Gasteiger partial charge >= 0.3 is 0 Å². The molecule has 1 heterocycles. The van der Waals surface area contributed by atoms with Gasteiger partial charge in [-0.15, -0.1) is 0 Å². The van der Waals surface area contributed by atoms with E-state index in [9.17, 15) is 5.21 Å². The molecule has 0 radical (unpaired) electrons. The van der Waals surface area contributed by atoms with Gasteiger partial charge in [0.25, 0.3) is 0 Å². The van der Waals surface area contributed by atoms with Gasteiger partial charge in [0.05, 0.1) is 6.10 Å². The second-order valence-corrected chi connectivity index (χ2v) is 11.5. The Morgan fingerprint density at radius 1 is 0.613 bits per heavy atom. The molecule has 0 aromatic heterocycles. The highest BCUT2D eigenvalue weighted by Gasteiger charge is 2.45. The summed E-state index contributed by atoms with van der Waals surface area (Å²) in [5, 5.41) is 11.9. The topological polar surface area (TPSA) is 32.7 Å². The first kappa shape index (κ1) is 28.9. The largest absolute Gasteiger partial charge is 0.378 e. The van der Waals surface area contributed by atoms with E-state index in [0.717, 1.165) is 19.4 Å². The van der Waals surface area contributed by atoms with E-state index < -0.39 is 0 Å². The minimum absolute atomic E-state index is 0.208. The van der Waals surface area contributed by atoms with Crippen molar-refractivity contribution in [2.24, 2.45) is 0 Å². The fourth-order valence-corrected chi connectivity index (χ4v) is 5.37. The summed E-state index contributed by atoms with van der Waals surface area (Å²) in [4.78, 5) is 0. The number of rotatable bonds is 19. The third-order valence-electron chi connectivity index (χ3n) is 7.20. The summed E-state index contributed by atoms with van der Waals surface area (Å²) in [6, 6.07) is 0. The molecule has 0 aliphatic carbocycles. The van der Waals surface area contributed by atoms with Gasteiger partial charge in [0.1, 0.15) is 0 Å². The van der Waals surface area contributed by atoms with Gasteiger partial charge in [-0.05, 0) is 47.0 Å². The first-order chi connectivity index (χ1) is 14.8. The SMILES string of the molecule is CCCCCCCCCCCCCCCCCCCOC1CC(C)(C)N(O)C(C)(C)C1. The summed E-state index contributed by atoms with van der Waals surface area (Å²) in [5.74, 6) is 0. The molecule has 0 aromatic rings. The lowest BCUT2D eigenvalue weighted by molar-refractivity contribution is -0.261. The highest BCUT2D eigenvalue weighted by molar-refractivity contribution is 4.96. The van der Waals surface area contributed by atoms with Gasteiger partial charge in [-0.3, -0.25) is 0 Å². The lowest BCUT2D eigenvalue weighted by Gasteiger charge is -2.51. The zero-order chi connectivity index (χ0) is 23.0. The van der Waals surface area contributed by atoms with E-state index in [-0.39, 0.29) is 17.2 Å². The Balaban J connectivity index is 1.84. The highest BCUT2D eigenvalue weighted by atomic mass is 16.5. The molecule has 0 amide bonds. The number of hydrogen-bond donors (Lipinski definition) is 1. The van der Waals surface area contributed by atoms with Gasteiger partial charge < -0.3 is 9.94 Å². The number of nitrogens with zero attached hydrogens (tertiary/aromatic N) is 1. The highest BCUT2D eigenvalue weighted by Crippen LogP contribution is 2.37. The summed E-state index contributed by atoms with van der Waals surface area (Å²) in [7, 11) is 0. The average molecular weight is 440 g/mol. The van der Waals surface area contributed by atoms with Crippen LogP contribution in [0.3, 0.4) is 0 Å². The van der Waals surface area contributed by atoms with Gasteiger partial charge in [0.2, 0.25) is 0 Å². The van der Waals surface area contributed by atoms with Crippen LogP contribution in [0.1, 0.15) is 157 Å². The summed E-state index contributed by atoms with van der Waals surface area (Å²) < 4.78 is 6.19. The Kier molecular flexibility index (Phi) is 15.4. The van der Waals surface area contributed by atoms with Gasteiger partial charge in [0.15, 0.2) is 0 Å². The van der Waals surface area contributed by atoms with Crippen molar-refractivity contribution in [2.75, 3.05) is 6.61 Å². The molecule has 0 atom stereocenters. The Bertz CT molecular complexity index is 403. The van der Waals surface area contributed by atoms with Crippen molar-refractivity contribution < 1.29 is 9.94 Å². The number of hydrogen-bond acceptors (Lipinski definition) is 3. The first-order valence-corrected chi connectivity index (χ1v) is 13.9. The Labute approximate surface area is 195 Å². The van der Waals surface area contributed by atoms with E-state index in [1.807, 2.05) is 0 Å². The van der Waals surface area contributed by atoms with Gasteiger partial charge in [-0.2, -0.15) is 5.06 Å². The maximum atomic E-state index is 10.4. The van der Waals surface area contributed by atoms with E-state index in [0.29, 0.717) is 0 Å². The molecule has 3 heteroatoms. The zero-order valence-electron chi connectivity index (χ0n) is 22.0. The van der Waals surface area contributed by atoms with Gasteiger partial charge in [-0.25, -0.2) is 0 Å². The smallest absolute Gasteiger partial charge is 0.0611 e. The lowest BCUT2D eigenvalue weighted by atomic mass is 9.80. The average Bonchev–Trinajstić information content (AvgIpc) is 2.70. The number of hydroxylamine groups is 2. The van der Waals surface area contributed by atoms with E-state index in [2.05, 4.69) is 34.6 Å². The van der Waals surface area contributed by atoms with Crippen molar-refractivity contribution in [1.29, 1.82) is 0 Å². The Hall–Kier alpha value is -0.120. The van der Waals surface area contributed by atoms with Crippen molar-refractivity contribution in [2.45, 2.75) is 174 Å². The minimum atomic E-state index is -0.208. The molecular formula is C28H57NO2. The van der Waals surface area contributed by atoms with E-state index in [1.54, 1.807) is 0 Å². The van der Waals surface area contributed by atoms with Crippen LogP contribution in [-0.2, 0) is 4.74 Å². The molecule has 0 saturated carbocycles. The molecule has 1 fully saturated rings. The second-order valence-electron chi connectivity index (χ2n) is 11.5. The molecule has 1 N–H and O–H groups in total. The van der Waals surface area contributed by atoms with Crippen LogP contribution < -0.4 is 0 Å². The predicted octanol–water partition coefficient (Wildman–Crippen LogP) is 9.07. The third kappa shape index (κ3) is 13.2. The molecule has 3 nitrogen and oxygen atoms in total. The summed E-state index contributed by atoms with van der Waals surface area (Å²) in [5.41, 5.74) is -0.415. The third-order valence-corrected chi connectivity index (χ3v) is 7.20. The summed E-state index contributed by atoms with van der Waals surface area (Å²) in [6.45, 7) is 11.6. The van der Waals surface area contributed by atoms with Crippen LogP contribution >= 0.6 is 0 Å². The number of piperidine rings is 1. The maximum Gasteiger partial charge on any atom is 0.0611 e. The quantitative estimate of drug-likeness (QED) is 0.204. The normalized spacial score (nSPS) is 19.2. The van der Waals surface area contributed by atoms with Gasteiger partial charge in [-0.1, -0.05) is 110 Å². The molecular weight excluding hydrogens is 382 g/mol. The molecule has 0 aromatic carbocycles.